The van der Waals surface area contributed by atoms with Crippen LogP contribution >= 0.6 is 23.5 Å². The summed E-state index contributed by atoms with van der Waals surface area (Å²) >= 11 is 3.18. The van der Waals surface area contributed by atoms with Gasteiger partial charge < -0.3 is 5.73 Å². The first kappa shape index (κ1) is 12.6. The Bertz CT molecular complexity index is 322. The maximum atomic E-state index is 13.0. The summed E-state index contributed by atoms with van der Waals surface area (Å²) in [7, 11) is 0. The number of rotatable bonds is 5. The zero-order valence-corrected chi connectivity index (χ0v) is 10.2. The molecule has 0 heterocycles. The van der Waals surface area contributed by atoms with Crippen molar-refractivity contribution in [2.75, 3.05) is 18.6 Å². The van der Waals surface area contributed by atoms with Gasteiger partial charge in [-0.15, -0.1) is 23.5 Å². The lowest BCUT2D eigenvalue weighted by Gasteiger charge is -2.01. The van der Waals surface area contributed by atoms with Gasteiger partial charge in [0.05, 0.1) is 0 Å². The average molecular weight is 243 g/mol. The maximum absolute atomic E-state index is 13.0. The number of halogens is 1. The third-order valence-electron chi connectivity index (χ3n) is 1.78. The van der Waals surface area contributed by atoms with Gasteiger partial charge in [-0.25, -0.2) is 4.39 Å². The Morgan fingerprint density at radius 2 is 1.93 bits per heavy atom. The molecule has 82 valence electrons. The second kappa shape index (κ2) is 6.93. The minimum atomic E-state index is -0.156. The molecule has 0 atom stereocenters. The molecule has 0 fully saturated rings. The van der Waals surface area contributed by atoms with Crippen LogP contribution in [-0.2, 0) is 0 Å². The molecular weight excluding hydrogens is 229 g/mol. The highest BCUT2D eigenvalue weighted by Gasteiger charge is 1.98. The first-order chi connectivity index (χ1) is 7.26. The van der Waals surface area contributed by atoms with Crippen LogP contribution in [0.1, 0.15) is 0 Å². The molecule has 0 aromatic heterocycles. The van der Waals surface area contributed by atoms with Gasteiger partial charge >= 0.3 is 0 Å². The van der Waals surface area contributed by atoms with Crippen molar-refractivity contribution in [3.8, 4) is 0 Å². The quantitative estimate of drug-likeness (QED) is 0.803. The summed E-state index contributed by atoms with van der Waals surface area (Å²) in [6.45, 7) is 0.262. The second-order valence-corrected chi connectivity index (χ2v) is 4.78. The number of hydrogen-bond donors (Lipinski definition) is 1. The average Bonchev–Trinajstić information content (AvgIpc) is 2.27. The van der Waals surface area contributed by atoms with Gasteiger partial charge in [-0.2, -0.15) is 0 Å². The number of benzene rings is 1. The van der Waals surface area contributed by atoms with Gasteiger partial charge in [0.15, 0.2) is 0 Å². The number of nitrogens with two attached hydrogens (primary N) is 1. The normalized spacial score (nSPS) is 11.8. The van der Waals surface area contributed by atoms with Gasteiger partial charge in [0.25, 0.3) is 0 Å². The number of thioether (sulfide) groups is 2. The lowest BCUT2D eigenvalue weighted by atomic mass is 10.4. The lowest BCUT2D eigenvalue weighted by molar-refractivity contribution is 0.640. The molecule has 1 nitrogen and oxygen atoms in total. The maximum Gasteiger partial charge on any atom is 0.107 e. The molecule has 0 aliphatic heterocycles. The summed E-state index contributed by atoms with van der Waals surface area (Å²) in [5.41, 5.74) is 5.21. The minimum Gasteiger partial charge on any atom is -0.327 e. The largest absolute Gasteiger partial charge is 0.327 e. The molecule has 0 unspecified atom stereocenters. The highest BCUT2D eigenvalue weighted by atomic mass is 32.2. The van der Waals surface area contributed by atoms with Crippen LogP contribution < -0.4 is 5.73 Å². The van der Waals surface area contributed by atoms with Gasteiger partial charge in [0, 0.05) is 22.1 Å². The second-order valence-electron chi connectivity index (χ2n) is 2.85. The van der Waals surface area contributed by atoms with Crippen molar-refractivity contribution in [2.45, 2.75) is 9.79 Å². The predicted molar refractivity (Wildman–Crippen MR) is 67.2 cm³/mol. The fraction of sp³-hybridized carbons (Fsp3) is 0.273. The third kappa shape index (κ3) is 4.73. The Kier molecular flexibility index (Phi) is 5.83. The van der Waals surface area contributed by atoms with E-state index in [9.17, 15) is 4.39 Å². The molecule has 1 rings (SSSR count). The van der Waals surface area contributed by atoms with Gasteiger partial charge in [0.1, 0.15) is 5.83 Å². The summed E-state index contributed by atoms with van der Waals surface area (Å²) in [5, 5.41) is 0. The Labute approximate surface area is 98.3 Å². The predicted octanol–water partition coefficient (Wildman–Crippen LogP) is 3.31. The van der Waals surface area contributed by atoms with E-state index in [2.05, 4.69) is 0 Å². The van der Waals surface area contributed by atoms with Crippen molar-refractivity contribution in [3.05, 3.63) is 36.2 Å². The van der Waals surface area contributed by atoms with Gasteiger partial charge in [0.2, 0.25) is 0 Å². The summed E-state index contributed by atoms with van der Waals surface area (Å²) < 4.78 is 13.0. The first-order valence-corrected chi connectivity index (χ1v) is 6.78. The smallest absolute Gasteiger partial charge is 0.107 e. The minimum absolute atomic E-state index is 0.156. The van der Waals surface area contributed by atoms with Gasteiger partial charge in [-0.05, 0) is 36.6 Å². The van der Waals surface area contributed by atoms with Crippen molar-refractivity contribution < 1.29 is 4.39 Å². The van der Waals surface area contributed by atoms with Crippen LogP contribution in [0.3, 0.4) is 0 Å². The topological polar surface area (TPSA) is 26.0 Å². The first-order valence-electron chi connectivity index (χ1n) is 4.57. The Balaban J connectivity index is 2.47. The van der Waals surface area contributed by atoms with Crippen molar-refractivity contribution in [3.63, 3.8) is 0 Å². The zero-order chi connectivity index (χ0) is 11.1. The van der Waals surface area contributed by atoms with E-state index in [0.29, 0.717) is 5.75 Å². The van der Waals surface area contributed by atoms with Crippen molar-refractivity contribution in [1.82, 2.24) is 0 Å². The Hall–Kier alpha value is -0.450. The van der Waals surface area contributed by atoms with Crippen LogP contribution in [0, 0.1) is 0 Å². The number of hydrogen-bond acceptors (Lipinski definition) is 3. The molecule has 0 saturated carbocycles. The molecule has 4 heteroatoms. The molecule has 1 aromatic rings. The molecule has 0 spiro atoms. The summed E-state index contributed by atoms with van der Waals surface area (Å²) in [6, 6.07) is 8.09. The van der Waals surface area contributed by atoms with Crippen molar-refractivity contribution >= 4 is 23.5 Å². The molecule has 0 aliphatic carbocycles. The van der Waals surface area contributed by atoms with Crippen LogP contribution in [0.4, 0.5) is 4.39 Å². The van der Waals surface area contributed by atoms with E-state index in [0.717, 1.165) is 4.90 Å². The molecule has 2 N–H and O–H groups in total. The van der Waals surface area contributed by atoms with Crippen LogP contribution in [-0.4, -0.2) is 18.6 Å². The molecule has 0 bridgehead atoms. The summed E-state index contributed by atoms with van der Waals surface area (Å²) in [6.07, 6.45) is 3.44. The summed E-state index contributed by atoms with van der Waals surface area (Å²) in [5.74, 6) is 0.201. The van der Waals surface area contributed by atoms with Crippen molar-refractivity contribution in [2.24, 2.45) is 5.73 Å². The van der Waals surface area contributed by atoms with Gasteiger partial charge in [-0.3, -0.25) is 0 Å². The molecule has 15 heavy (non-hydrogen) atoms. The molecule has 0 saturated heterocycles. The van der Waals surface area contributed by atoms with E-state index >= 15 is 0 Å². The molecule has 0 amide bonds. The van der Waals surface area contributed by atoms with E-state index in [1.165, 1.54) is 22.7 Å². The fourth-order valence-electron chi connectivity index (χ4n) is 1.01. The van der Waals surface area contributed by atoms with Crippen LogP contribution in [0.2, 0.25) is 0 Å². The monoisotopic (exact) mass is 243 g/mol. The van der Waals surface area contributed by atoms with E-state index < -0.39 is 0 Å². The van der Waals surface area contributed by atoms with Crippen molar-refractivity contribution in [1.29, 1.82) is 0 Å². The fourth-order valence-corrected chi connectivity index (χ4v) is 2.17. The SMILES string of the molecule is CSc1ccc(SC/C(F)=C/CN)cc1. The zero-order valence-electron chi connectivity index (χ0n) is 8.57. The highest BCUT2D eigenvalue weighted by Crippen LogP contribution is 2.23. The Morgan fingerprint density at radius 1 is 1.33 bits per heavy atom. The Morgan fingerprint density at radius 3 is 2.47 bits per heavy atom. The molecule has 0 aliphatic rings. The van der Waals surface area contributed by atoms with E-state index in [1.54, 1.807) is 11.8 Å². The molecule has 1 aromatic carbocycles. The molecular formula is C11H14FNS2. The lowest BCUT2D eigenvalue weighted by Crippen LogP contribution is -1.95. The van der Waals surface area contributed by atoms with E-state index in [-0.39, 0.29) is 12.4 Å². The van der Waals surface area contributed by atoms with E-state index in [4.69, 9.17) is 5.73 Å². The highest BCUT2D eigenvalue weighted by molar-refractivity contribution is 7.99. The third-order valence-corrected chi connectivity index (χ3v) is 3.54. The summed E-state index contributed by atoms with van der Waals surface area (Å²) in [4.78, 5) is 2.30. The molecule has 0 radical (unpaired) electrons. The van der Waals surface area contributed by atoms with Gasteiger partial charge in [-0.1, -0.05) is 0 Å². The van der Waals surface area contributed by atoms with Crippen LogP contribution in [0.25, 0.3) is 0 Å². The standard InChI is InChI=1S/C11H14FNS2/c1-14-10-2-4-11(5-3-10)15-8-9(12)6-7-13/h2-6H,7-8,13H2,1H3/b9-6-. The van der Waals surface area contributed by atoms with Crippen LogP contribution in [0.5, 0.6) is 0 Å². The van der Waals surface area contributed by atoms with E-state index in [1.807, 2.05) is 30.5 Å². The van der Waals surface area contributed by atoms with Crippen LogP contribution in [0.15, 0.2) is 46.0 Å².